The third kappa shape index (κ3) is 2.18. The molecule has 5 nitrogen and oxygen atoms in total. The highest BCUT2D eigenvalue weighted by Gasteiger charge is 2.10. The van der Waals surface area contributed by atoms with Crippen LogP contribution in [-0.4, -0.2) is 21.0 Å². The van der Waals surface area contributed by atoms with Crippen LogP contribution < -0.4 is 0 Å². The van der Waals surface area contributed by atoms with Gasteiger partial charge in [0.2, 0.25) is 0 Å². The van der Waals surface area contributed by atoms with E-state index in [2.05, 4.69) is 9.97 Å². The average molecular weight is 254 g/mol. The molecule has 0 atom stereocenters. The number of carbonyl (C=O) groups is 1. The largest absolute Gasteiger partial charge is 0.481 e. The molecule has 0 bridgehead atoms. The monoisotopic (exact) mass is 254 g/mol. The number of nitrogens with zero attached hydrogens (tertiary/aromatic N) is 2. The second-order valence-corrected chi connectivity index (χ2v) is 4.11. The van der Waals surface area contributed by atoms with Crippen molar-refractivity contribution in [2.75, 3.05) is 0 Å². The molecule has 1 N–H and O–H groups in total. The van der Waals surface area contributed by atoms with Crippen molar-refractivity contribution in [3.05, 3.63) is 48.6 Å². The standard InChI is InChI=1S/C14H10N2O3/c17-14(18)5-9-6-16-12(7-15-9)11-8-19-13-4-2-1-3-10(11)13/h1-4,6-8H,5H2,(H,17,18). The Kier molecular flexibility index (Phi) is 2.72. The van der Waals surface area contributed by atoms with Crippen molar-refractivity contribution < 1.29 is 14.3 Å². The molecule has 0 unspecified atom stereocenters. The third-order valence-electron chi connectivity index (χ3n) is 2.79. The van der Waals surface area contributed by atoms with Crippen LogP contribution in [0.3, 0.4) is 0 Å². The predicted octanol–water partition coefficient (Wildman–Crippen LogP) is 2.52. The highest BCUT2D eigenvalue weighted by molar-refractivity contribution is 5.92. The number of carboxylic acids is 1. The zero-order chi connectivity index (χ0) is 13.2. The zero-order valence-electron chi connectivity index (χ0n) is 9.91. The van der Waals surface area contributed by atoms with Crippen LogP contribution in [0, 0.1) is 0 Å². The summed E-state index contributed by atoms with van der Waals surface area (Å²) in [5, 5.41) is 9.64. The molecule has 5 heteroatoms. The second kappa shape index (κ2) is 4.53. The Hall–Kier alpha value is -2.69. The van der Waals surface area contributed by atoms with Crippen LogP contribution in [0.2, 0.25) is 0 Å². The fourth-order valence-corrected chi connectivity index (χ4v) is 1.92. The first-order chi connectivity index (χ1) is 9.24. The number of hydrogen-bond acceptors (Lipinski definition) is 4. The normalized spacial score (nSPS) is 10.7. The van der Waals surface area contributed by atoms with E-state index < -0.39 is 5.97 Å². The van der Waals surface area contributed by atoms with Crippen molar-refractivity contribution in [2.45, 2.75) is 6.42 Å². The van der Waals surface area contributed by atoms with Gasteiger partial charge in [0.15, 0.2) is 0 Å². The topological polar surface area (TPSA) is 76.2 Å². The van der Waals surface area contributed by atoms with Gasteiger partial charge in [-0.25, -0.2) is 0 Å². The first-order valence-corrected chi connectivity index (χ1v) is 5.73. The maximum absolute atomic E-state index is 10.6. The lowest BCUT2D eigenvalue weighted by Gasteiger charge is -1.99. The maximum Gasteiger partial charge on any atom is 0.309 e. The molecule has 0 aliphatic carbocycles. The molecule has 0 amide bonds. The summed E-state index contributed by atoms with van der Waals surface area (Å²) in [6, 6.07) is 7.65. The predicted molar refractivity (Wildman–Crippen MR) is 68.6 cm³/mol. The van der Waals surface area contributed by atoms with Gasteiger partial charge in [0.25, 0.3) is 0 Å². The highest BCUT2D eigenvalue weighted by Crippen LogP contribution is 2.28. The second-order valence-electron chi connectivity index (χ2n) is 4.11. The van der Waals surface area contributed by atoms with Crippen molar-refractivity contribution in [2.24, 2.45) is 0 Å². The SMILES string of the molecule is O=C(O)Cc1cnc(-c2coc3ccccc23)cn1. The summed E-state index contributed by atoms with van der Waals surface area (Å²) in [6.07, 6.45) is 4.55. The Morgan fingerprint density at radius 1 is 1.21 bits per heavy atom. The van der Waals surface area contributed by atoms with E-state index in [0.717, 1.165) is 16.5 Å². The first-order valence-electron chi connectivity index (χ1n) is 5.73. The van der Waals surface area contributed by atoms with Gasteiger partial charge in [-0.15, -0.1) is 0 Å². The van der Waals surface area contributed by atoms with Crippen molar-refractivity contribution in [1.82, 2.24) is 9.97 Å². The van der Waals surface area contributed by atoms with Crippen molar-refractivity contribution in [1.29, 1.82) is 0 Å². The van der Waals surface area contributed by atoms with Gasteiger partial charge in [-0.1, -0.05) is 18.2 Å². The number of benzene rings is 1. The first kappa shape index (κ1) is 11.4. The molecule has 0 aliphatic heterocycles. The Labute approximate surface area is 108 Å². The van der Waals surface area contributed by atoms with Gasteiger partial charge >= 0.3 is 5.97 Å². The van der Waals surface area contributed by atoms with Gasteiger partial charge < -0.3 is 9.52 Å². The van der Waals surface area contributed by atoms with E-state index in [4.69, 9.17) is 9.52 Å². The van der Waals surface area contributed by atoms with Gasteiger partial charge in [0.05, 0.1) is 24.0 Å². The minimum Gasteiger partial charge on any atom is -0.481 e. The molecule has 3 rings (SSSR count). The molecule has 0 saturated carbocycles. The number of furan rings is 1. The quantitative estimate of drug-likeness (QED) is 0.777. The van der Waals surface area contributed by atoms with E-state index in [0.29, 0.717) is 11.4 Å². The van der Waals surface area contributed by atoms with Crippen LogP contribution in [0.1, 0.15) is 5.69 Å². The fraction of sp³-hybridized carbons (Fsp3) is 0.0714. The van der Waals surface area contributed by atoms with E-state index in [1.54, 1.807) is 12.5 Å². The minimum absolute atomic E-state index is 0.126. The molecule has 2 aromatic heterocycles. The molecule has 2 heterocycles. The van der Waals surface area contributed by atoms with Crippen LogP contribution in [0.25, 0.3) is 22.2 Å². The van der Waals surface area contributed by atoms with E-state index in [-0.39, 0.29) is 6.42 Å². The number of fused-ring (bicyclic) bond motifs is 1. The molecule has 0 fully saturated rings. The smallest absolute Gasteiger partial charge is 0.309 e. The van der Waals surface area contributed by atoms with Crippen LogP contribution in [0.5, 0.6) is 0 Å². The van der Waals surface area contributed by atoms with Gasteiger partial charge in [-0.05, 0) is 6.07 Å². The van der Waals surface area contributed by atoms with Crippen molar-refractivity contribution in [3.8, 4) is 11.3 Å². The number of para-hydroxylation sites is 1. The Bertz CT molecular complexity index is 732. The Morgan fingerprint density at radius 3 is 2.79 bits per heavy atom. The molecule has 0 radical (unpaired) electrons. The van der Waals surface area contributed by atoms with Crippen LogP contribution >= 0.6 is 0 Å². The number of hydrogen-bond donors (Lipinski definition) is 1. The van der Waals surface area contributed by atoms with Gasteiger partial charge in [0, 0.05) is 17.1 Å². The molecule has 19 heavy (non-hydrogen) atoms. The summed E-state index contributed by atoms with van der Waals surface area (Å²) < 4.78 is 5.44. The fourth-order valence-electron chi connectivity index (χ4n) is 1.92. The molecular weight excluding hydrogens is 244 g/mol. The summed E-state index contributed by atoms with van der Waals surface area (Å²) >= 11 is 0. The Balaban J connectivity index is 2.00. The van der Waals surface area contributed by atoms with E-state index >= 15 is 0 Å². The summed E-state index contributed by atoms with van der Waals surface area (Å²) in [5.41, 5.74) is 2.74. The summed E-state index contributed by atoms with van der Waals surface area (Å²) in [5.74, 6) is -0.921. The molecule has 94 valence electrons. The van der Waals surface area contributed by atoms with Crippen LogP contribution in [0.15, 0.2) is 47.3 Å². The molecule has 0 aliphatic rings. The highest BCUT2D eigenvalue weighted by atomic mass is 16.4. The van der Waals surface area contributed by atoms with E-state index in [1.807, 2.05) is 24.3 Å². The number of aromatic nitrogens is 2. The van der Waals surface area contributed by atoms with Crippen molar-refractivity contribution in [3.63, 3.8) is 0 Å². The number of carboxylic acid groups (broad SMARTS) is 1. The molecule has 0 saturated heterocycles. The lowest BCUT2D eigenvalue weighted by atomic mass is 10.1. The molecule has 3 aromatic rings. The average Bonchev–Trinajstić information content (AvgIpc) is 2.83. The lowest BCUT2D eigenvalue weighted by molar-refractivity contribution is -0.136. The van der Waals surface area contributed by atoms with Gasteiger partial charge in [0.1, 0.15) is 11.8 Å². The zero-order valence-corrected chi connectivity index (χ0v) is 9.91. The van der Waals surface area contributed by atoms with Crippen LogP contribution in [-0.2, 0) is 11.2 Å². The summed E-state index contributed by atoms with van der Waals surface area (Å²) in [7, 11) is 0. The van der Waals surface area contributed by atoms with Crippen LogP contribution in [0.4, 0.5) is 0 Å². The number of rotatable bonds is 3. The lowest BCUT2D eigenvalue weighted by Crippen LogP contribution is -2.02. The molecule has 1 aromatic carbocycles. The third-order valence-corrected chi connectivity index (χ3v) is 2.79. The Morgan fingerprint density at radius 2 is 2.05 bits per heavy atom. The van der Waals surface area contributed by atoms with E-state index in [9.17, 15) is 4.79 Å². The molecule has 0 spiro atoms. The summed E-state index contributed by atoms with van der Waals surface area (Å²) in [6.45, 7) is 0. The van der Waals surface area contributed by atoms with Gasteiger partial charge in [-0.2, -0.15) is 0 Å². The maximum atomic E-state index is 10.6. The molecular formula is C14H10N2O3. The van der Waals surface area contributed by atoms with E-state index in [1.165, 1.54) is 6.20 Å². The van der Waals surface area contributed by atoms with Gasteiger partial charge in [-0.3, -0.25) is 14.8 Å². The number of aliphatic carboxylic acids is 1. The minimum atomic E-state index is -0.921. The summed E-state index contributed by atoms with van der Waals surface area (Å²) in [4.78, 5) is 18.9. The van der Waals surface area contributed by atoms with Crippen molar-refractivity contribution >= 4 is 16.9 Å².